The Hall–Kier alpha value is -1.67. The first-order chi connectivity index (χ1) is 13.5. The van der Waals surface area contributed by atoms with Crippen molar-refractivity contribution in [2.75, 3.05) is 0 Å². The number of halogens is 4. The van der Waals surface area contributed by atoms with E-state index in [9.17, 15) is 23.2 Å². The zero-order chi connectivity index (χ0) is 21.6. The number of phenolic OH excluding ortho intramolecular Hbond substituents is 2. The van der Waals surface area contributed by atoms with Crippen LogP contribution >= 0.6 is 46.4 Å². The predicted molar refractivity (Wildman–Crippen MR) is 114 cm³/mol. The Morgan fingerprint density at radius 1 is 0.724 bits per heavy atom. The molecule has 0 aliphatic carbocycles. The number of hydrogen-bond acceptors (Lipinski definition) is 4. The maximum Gasteiger partial charge on any atom is 0.283 e. The van der Waals surface area contributed by atoms with Gasteiger partial charge in [0.15, 0.2) is 4.75 Å². The highest BCUT2D eigenvalue weighted by Crippen LogP contribution is 2.50. The van der Waals surface area contributed by atoms with Crippen molar-refractivity contribution >= 4 is 56.5 Å². The lowest BCUT2D eigenvalue weighted by atomic mass is 9.83. The van der Waals surface area contributed by atoms with Gasteiger partial charge in [0.1, 0.15) is 11.5 Å². The van der Waals surface area contributed by atoms with Crippen molar-refractivity contribution in [2.24, 2.45) is 0 Å². The summed E-state index contributed by atoms with van der Waals surface area (Å²) in [6.07, 6.45) is 0. The molecule has 152 valence electrons. The van der Waals surface area contributed by atoms with Crippen LogP contribution in [0.2, 0.25) is 20.1 Å². The van der Waals surface area contributed by atoms with Gasteiger partial charge in [0.25, 0.3) is 10.1 Å². The van der Waals surface area contributed by atoms with Crippen molar-refractivity contribution < 1.29 is 23.2 Å². The van der Waals surface area contributed by atoms with Gasteiger partial charge >= 0.3 is 0 Å². The van der Waals surface area contributed by atoms with Gasteiger partial charge in [0.2, 0.25) is 0 Å². The number of benzene rings is 3. The van der Waals surface area contributed by atoms with Crippen molar-refractivity contribution in [3.63, 3.8) is 0 Å². The van der Waals surface area contributed by atoms with Gasteiger partial charge in [-0.25, -0.2) is 0 Å². The second kappa shape index (κ2) is 7.87. The van der Waals surface area contributed by atoms with E-state index >= 15 is 0 Å². The molecule has 0 spiro atoms. The molecule has 0 saturated heterocycles. The van der Waals surface area contributed by atoms with Crippen LogP contribution in [-0.4, -0.2) is 23.2 Å². The summed E-state index contributed by atoms with van der Waals surface area (Å²) < 4.78 is 34.1. The predicted octanol–water partition coefficient (Wildman–Crippen LogP) is 5.89. The first-order valence-electron chi connectivity index (χ1n) is 7.89. The molecule has 0 aliphatic heterocycles. The van der Waals surface area contributed by atoms with E-state index in [0.717, 1.165) is 12.1 Å². The monoisotopic (exact) mass is 492 g/mol. The second-order valence-electron chi connectivity index (χ2n) is 6.11. The maximum absolute atomic E-state index is 13.0. The lowest BCUT2D eigenvalue weighted by molar-refractivity contribution is 0.456. The third-order valence-electron chi connectivity index (χ3n) is 4.38. The van der Waals surface area contributed by atoms with Gasteiger partial charge < -0.3 is 10.2 Å². The van der Waals surface area contributed by atoms with Crippen LogP contribution in [0.3, 0.4) is 0 Å². The fourth-order valence-electron chi connectivity index (χ4n) is 3.15. The van der Waals surface area contributed by atoms with E-state index in [0.29, 0.717) is 0 Å². The van der Waals surface area contributed by atoms with Gasteiger partial charge in [0, 0.05) is 32.3 Å². The summed E-state index contributed by atoms with van der Waals surface area (Å²) in [5, 5.41) is 19.2. The molecule has 0 aromatic heterocycles. The van der Waals surface area contributed by atoms with Crippen molar-refractivity contribution in [3.8, 4) is 11.5 Å². The Morgan fingerprint density at radius 2 is 1.31 bits per heavy atom. The number of phenols is 2. The molecule has 3 N–H and O–H groups in total. The minimum absolute atomic E-state index is 0.00521. The molecule has 0 fully saturated rings. The first-order valence-corrected chi connectivity index (χ1v) is 10.8. The molecule has 5 nitrogen and oxygen atoms in total. The minimum atomic E-state index is -5.04. The summed E-state index contributed by atoms with van der Waals surface area (Å²) in [4.78, 5) is 0. The highest BCUT2D eigenvalue weighted by atomic mass is 35.5. The number of aromatic hydroxyl groups is 2. The highest BCUT2D eigenvalue weighted by molar-refractivity contribution is 7.87. The van der Waals surface area contributed by atoms with Crippen LogP contribution < -0.4 is 0 Å². The quantitative estimate of drug-likeness (QED) is 0.311. The average Bonchev–Trinajstić information content (AvgIpc) is 2.63. The van der Waals surface area contributed by atoms with E-state index in [1.54, 1.807) is 0 Å². The fraction of sp³-hybridized carbons (Fsp3) is 0.0526. The minimum Gasteiger partial charge on any atom is -0.508 e. The fourth-order valence-corrected chi connectivity index (χ4v) is 5.49. The van der Waals surface area contributed by atoms with Crippen LogP contribution in [0, 0.1) is 0 Å². The number of rotatable bonds is 4. The summed E-state index contributed by atoms with van der Waals surface area (Å²) in [5.74, 6) is -0.516. The molecule has 3 rings (SSSR count). The molecule has 3 aromatic rings. The maximum atomic E-state index is 13.0. The largest absolute Gasteiger partial charge is 0.508 e. The van der Waals surface area contributed by atoms with Gasteiger partial charge in [-0.15, -0.1) is 0 Å². The van der Waals surface area contributed by atoms with Gasteiger partial charge in [-0.2, -0.15) is 8.42 Å². The third-order valence-corrected chi connectivity index (χ3v) is 7.01. The highest BCUT2D eigenvalue weighted by Gasteiger charge is 2.51. The van der Waals surface area contributed by atoms with Crippen LogP contribution in [0.4, 0.5) is 0 Å². The van der Waals surface area contributed by atoms with E-state index in [1.807, 2.05) is 0 Å². The van der Waals surface area contributed by atoms with Gasteiger partial charge in [-0.1, -0.05) is 58.5 Å². The molecule has 0 radical (unpaired) electrons. The van der Waals surface area contributed by atoms with Crippen LogP contribution in [0.1, 0.15) is 16.7 Å². The van der Waals surface area contributed by atoms with Crippen molar-refractivity contribution in [1.82, 2.24) is 0 Å². The Labute approximate surface area is 186 Å². The van der Waals surface area contributed by atoms with Crippen molar-refractivity contribution in [2.45, 2.75) is 4.75 Å². The van der Waals surface area contributed by atoms with Crippen LogP contribution in [0.5, 0.6) is 11.5 Å². The summed E-state index contributed by atoms with van der Waals surface area (Å²) in [5.41, 5.74) is -0.256. The molecule has 3 aromatic carbocycles. The molecular formula is C19H12Cl4O5S. The molecule has 1 atom stereocenters. The first kappa shape index (κ1) is 22.0. The van der Waals surface area contributed by atoms with Crippen molar-refractivity contribution in [1.29, 1.82) is 0 Å². The average molecular weight is 494 g/mol. The Balaban J connectivity index is 2.61. The molecule has 0 heterocycles. The topological polar surface area (TPSA) is 94.8 Å². The normalized spacial score (nSPS) is 13.8. The van der Waals surface area contributed by atoms with E-state index in [2.05, 4.69) is 0 Å². The molecule has 29 heavy (non-hydrogen) atoms. The van der Waals surface area contributed by atoms with E-state index in [-0.39, 0.29) is 48.3 Å². The molecule has 1 unspecified atom stereocenters. The molecule has 10 heteroatoms. The van der Waals surface area contributed by atoms with Gasteiger partial charge in [-0.3, -0.25) is 4.55 Å². The lowest BCUT2D eigenvalue weighted by Gasteiger charge is -2.34. The van der Waals surface area contributed by atoms with Crippen LogP contribution in [-0.2, 0) is 14.9 Å². The van der Waals surface area contributed by atoms with E-state index in [1.165, 1.54) is 42.5 Å². The Bertz CT molecular complexity index is 1200. The summed E-state index contributed by atoms with van der Waals surface area (Å²) in [7, 11) is -5.04. The zero-order valence-electron chi connectivity index (χ0n) is 14.3. The van der Waals surface area contributed by atoms with Crippen LogP contribution in [0.15, 0.2) is 54.6 Å². The van der Waals surface area contributed by atoms with E-state index < -0.39 is 14.9 Å². The summed E-state index contributed by atoms with van der Waals surface area (Å²) >= 11 is 24.8. The smallest absolute Gasteiger partial charge is 0.283 e. The zero-order valence-corrected chi connectivity index (χ0v) is 18.1. The van der Waals surface area contributed by atoms with Crippen molar-refractivity contribution in [3.05, 3.63) is 91.4 Å². The SMILES string of the molecule is O=S(=O)(O)C(c1ccc(O)cc1)(c1cc(Cl)ccc1Cl)c1cc(Cl)c(O)cc1Cl. The molecule has 0 amide bonds. The summed E-state index contributed by atoms with van der Waals surface area (Å²) in [6, 6.07) is 11.3. The summed E-state index contributed by atoms with van der Waals surface area (Å²) in [6.45, 7) is 0. The number of hydrogen-bond donors (Lipinski definition) is 3. The molecular weight excluding hydrogens is 482 g/mol. The van der Waals surface area contributed by atoms with Gasteiger partial charge in [0.05, 0.1) is 5.02 Å². The van der Waals surface area contributed by atoms with Gasteiger partial charge in [-0.05, 0) is 42.0 Å². The third kappa shape index (κ3) is 3.77. The standard InChI is InChI=1S/C19H12Cl4O5S/c20-11-3-6-15(21)13(7-11)19(29(26,27)28,10-1-4-12(24)5-2-10)14-8-17(23)18(25)9-16(14)22/h1-9,24-25H,(H,26,27,28). The lowest BCUT2D eigenvalue weighted by Crippen LogP contribution is -2.39. The molecule has 0 saturated carbocycles. The van der Waals surface area contributed by atoms with Crippen LogP contribution in [0.25, 0.3) is 0 Å². The Kier molecular flexibility index (Phi) is 5.98. The molecule has 0 aliphatic rings. The Morgan fingerprint density at radius 3 is 1.90 bits per heavy atom. The van der Waals surface area contributed by atoms with E-state index in [4.69, 9.17) is 46.4 Å². The second-order valence-corrected chi connectivity index (χ2v) is 9.33. The molecule has 0 bridgehead atoms.